The van der Waals surface area contributed by atoms with E-state index in [1.165, 1.54) is 4.90 Å². The molecule has 0 bridgehead atoms. The van der Waals surface area contributed by atoms with Gasteiger partial charge in [0.15, 0.2) is 0 Å². The molecule has 2 amide bonds. The van der Waals surface area contributed by atoms with Crippen LogP contribution in [0, 0.1) is 11.8 Å². The second-order valence-electron chi connectivity index (χ2n) is 10.1. The first-order chi connectivity index (χ1) is 17.2. The van der Waals surface area contributed by atoms with Gasteiger partial charge in [-0.15, -0.1) is 0 Å². The van der Waals surface area contributed by atoms with Crippen LogP contribution in [0.5, 0.6) is 0 Å². The third-order valence-electron chi connectivity index (χ3n) is 6.43. The summed E-state index contributed by atoms with van der Waals surface area (Å²) in [6.07, 6.45) is 14.0. The number of ether oxygens (including phenoxy) is 3. The Balaban J connectivity index is 2.02. The van der Waals surface area contributed by atoms with Gasteiger partial charge in [-0.05, 0) is 50.7 Å². The van der Waals surface area contributed by atoms with Crippen LogP contribution < -0.4 is 0 Å². The molecular weight excluding hydrogens is 460 g/mol. The van der Waals surface area contributed by atoms with Gasteiger partial charge in [-0.2, -0.15) is 0 Å². The van der Waals surface area contributed by atoms with Gasteiger partial charge in [0.2, 0.25) is 0 Å². The largest absolute Gasteiger partial charge is 0.457 e. The molecule has 0 N–H and O–H groups in total. The highest BCUT2D eigenvalue weighted by Crippen LogP contribution is 2.22. The molecule has 2 rings (SSSR count). The van der Waals surface area contributed by atoms with Crippen molar-refractivity contribution < 1.29 is 28.6 Å². The molecule has 0 aromatic carbocycles. The first-order valence-corrected chi connectivity index (χ1v) is 13.2. The van der Waals surface area contributed by atoms with Crippen molar-refractivity contribution >= 4 is 18.2 Å². The Hall–Kier alpha value is -2.77. The SMILES string of the molecule is C/C(=C\C=C\[C@@H](C)COC(=O)N1CCCC1)[C@H]1OC(=O)CCCCC[C@@H](OC(=O)N(C)C)/C=C\[C@@H]1C. The highest BCUT2D eigenvalue weighted by Gasteiger charge is 2.23. The summed E-state index contributed by atoms with van der Waals surface area (Å²) in [6, 6.07) is 0. The molecule has 2 heterocycles. The summed E-state index contributed by atoms with van der Waals surface area (Å²) in [4.78, 5) is 39.8. The zero-order chi connectivity index (χ0) is 26.5. The maximum absolute atomic E-state index is 12.5. The number of hydrogen-bond donors (Lipinski definition) is 0. The molecule has 1 fully saturated rings. The lowest BCUT2D eigenvalue weighted by molar-refractivity contribution is -0.148. The van der Waals surface area contributed by atoms with Gasteiger partial charge in [0, 0.05) is 45.4 Å². The van der Waals surface area contributed by atoms with Gasteiger partial charge in [0.25, 0.3) is 0 Å². The zero-order valence-corrected chi connectivity index (χ0v) is 22.6. The molecule has 0 spiro atoms. The van der Waals surface area contributed by atoms with Crippen molar-refractivity contribution in [3.05, 3.63) is 36.0 Å². The second kappa shape index (κ2) is 15.4. The minimum absolute atomic E-state index is 0.0592. The molecule has 0 unspecified atom stereocenters. The lowest BCUT2D eigenvalue weighted by Gasteiger charge is -2.25. The molecule has 4 atom stereocenters. The zero-order valence-electron chi connectivity index (χ0n) is 22.6. The van der Waals surface area contributed by atoms with E-state index in [0.717, 1.165) is 57.2 Å². The maximum Gasteiger partial charge on any atom is 0.409 e. The fraction of sp³-hybridized carbons (Fsp3) is 0.679. The van der Waals surface area contributed by atoms with Crippen LogP contribution in [0.2, 0.25) is 0 Å². The number of rotatable bonds is 6. The molecule has 2 aliphatic heterocycles. The third-order valence-corrected chi connectivity index (χ3v) is 6.43. The normalized spacial score (nSPS) is 25.9. The fourth-order valence-corrected chi connectivity index (χ4v) is 4.18. The Morgan fingerprint density at radius 2 is 1.89 bits per heavy atom. The summed E-state index contributed by atoms with van der Waals surface area (Å²) in [7, 11) is 3.33. The Bertz CT molecular complexity index is 813. The van der Waals surface area contributed by atoms with E-state index in [1.54, 1.807) is 19.0 Å². The third kappa shape index (κ3) is 10.5. The number of amides is 2. The lowest BCUT2D eigenvalue weighted by atomic mass is 9.95. The highest BCUT2D eigenvalue weighted by atomic mass is 16.6. The number of likely N-dealkylation sites (tertiary alicyclic amines) is 1. The van der Waals surface area contributed by atoms with Gasteiger partial charge in [0.1, 0.15) is 12.2 Å². The Morgan fingerprint density at radius 1 is 1.17 bits per heavy atom. The number of carbonyl (C=O) groups excluding carboxylic acids is 3. The number of cyclic esters (lactones) is 1. The van der Waals surface area contributed by atoms with Crippen LogP contribution in [0.15, 0.2) is 36.0 Å². The molecule has 36 heavy (non-hydrogen) atoms. The standard InChI is InChI=1S/C28H44N2O6/c1-21(20-34-28(33)30-18-9-10-19-30)12-11-13-22(2)26-23(3)16-17-24(35-27(32)29(4)5)14-7-6-8-15-25(31)36-26/h11-13,16-17,21,23-24,26H,6-10,14-15,18-20H2,1-5H3/b12-11+,17-16-,22-13+/t21-,23+,24-,26-/m1/s1. The molecule has 0 aromatic heterocycles. The molecule has 8 heteroatoms. The van der Waals surface area contributed by atoms with Crippen LogP contribution in [0.4, 0.5) is 9.59 Å². The van der Waals surface area contributed by atoms with Gasteiger partial charge in [0.05, 0.1) is 6.61 Å². The average molecular weight is 505 g/mol. The van der Waals surface area contributed by atoms with Gasteiger partial charge in [-0.3, -0.25) is 4.79 Å². The van der Waals surface area contributed by atoms with Crippen LogP contribution in [0.3, 0.4) is 0 Å². The predicted octanol–water partition coefficient (Wildman–Crippen LogP) is 5.49. The van der Waals surface area contributed by atoms with E-state index in [2.05, 4.69) is 0 Å². The van der Waals surface area contributed by atoms with E-state index in [4.69, 9.17) is 14.2 Å². The molecule has 0 saturated carbocycles. The predicted molar refractivity (Wildman–Crippen MR) is 139 cm³/mol. The van der Waals surface area contributed by atoms with Crippen molar-refractivity contribution in [1.82, 2.24) is 9.80 Å². The molecular formula is C28H44N2O6. The average Bonchev–Trinajstić information content (AvgIpc) is 3.38. The number of carbonyl (C=O) groups is 3. The Morgan fingerprint density at radius 3 is 2.58 bits per heavy atom. The van der Waals surface area contributed by atoms with Gasteiger partial charge < -0.3 is 24.0 Å². The molecule has 202 valence electrons. The van der Waals surface area contributed by atoms with Crippen molar-refractivity contribution in [2.75, 3.05) is 33.8 Å². The number of allylic oxidation sites excluding steroid dienone is 2. The molecule has 0 aromatic rings. The van der Waals surface area contributed by atoms with Crippen molar-refractivity contribution in [2.24, 2.45) is 11.8 Å². The number of nitrogens with zero attached hydrogens (tertiary/aromatic N) is 2. The molecule has 0 radical (unpaired) electrons. The van der Waals surface area contributed by atoms with E-state index in [0.29, 0.717) is 13.0 Å². The van der Waals surface area contributed by atoms with Gasteiger partial charge in [-0.1, -0.05) is 44.6 Å². The summed E-state index contributed by atoms with van der Waals surface area (Å²) in [5.41, 5.74) is 0.914. The van der Waals surface area contributed by atoms with Gasteiger partial charge in [-0.25, -0.2) is 9.59 Å². The van der Waals surface area contributed by atoms with Crippen molar-refractivity contribution in [3.8, 4) is 0 Å². The monoisotopic (exact) mass is 504 g/mol. The molecule has 2 aliphatic rings. The van der Waals surface area contributed by atoms with Crippen LogP contribution in [-0.4, -0.2) is 74.0 Å². The number of hydrogen-bond acceptors (Lipinski definition) is 6. The van der Waals surface area contributed by atoms with Crippen LogP contribution in [0.1, 0.15) is 65.7 Å². The minimum Gasteiger partial charge on any atom is -0.457 e. The topological polar surface area (TPSA) is 85.4 Å². The Labute approximate surface area is 216 Å². The van der Waals surface area contributed by atoms with Crippen molar-refractivity contribution in [2.45, 2.75) is 77.9 Å². The summed E-state index contributed by atoms with van der Waals surface area (Å²) in [5, 5.41) is 0. The lowest BCUT2D eigenvalue weighted by Crippen LogP contribution is -2.29. The van der Waals surface area contributed by atoms with E-state index in [-0.39, 0.29) is 36.1 Å². The van der Waals surface area contributed by atoms with Crippen molar-refractivity contribution in [3.63, 3.8) is 0 Å². The van der Waals surface area contributed by atoms with E-state index < -0.39 is 6.10 Å². The van der Waals surface area contributed by atoms with Crippen LogP contribution in [0.25, 0.3) is 0 Å². The smallest absolute Gasteiger partial charge is 0.409 e. The Kier molecular flexibility index (Phi) is 12.6. The van der Waals surface area contributed by atoms with Crippen LogP contribution in [-0.2, 0) is 19.0 Å². The van der Waals surface area contributed by atoms with Gasteiger partial charge >= 0.3 is 18.2 Å². The summed E-state index contributed by atoms with van der Waals surface area (Å²) < 4.78 is 16.9. The maximum atomic E-state index is 12.5. The number of esters is 1. The first kappa shape index (κ1) is 29.5. The minimum atomic E-state index is -0.425. The van der Waals surface area contributed by atoms with E-state index in [9.17, 15) is 14.4 Å². The van der Waals surface area contributed by atoms with Crippen LogP contribution >= 0.6 is 0 Å². The van der Waals surface area contributed by atoms with E-state index in [1.807, 2.05) is 51.2 Å². The molecule has 0 aliphatic carbocycles. The fourth-order valence-electron chi connectivity index (χ4n) is 4.18. The summed E-state index contributed by atoms with van der Waals surface area (Å²) in [5.74, 6) is -0.239. The highest BCUT2D eigenvalue weighted by molar-refractivity contribution is 5.70. The molecule has 1 saturated heterocycles. The second-order valence-corrected chi connectivity index (χ2v) is 10.1. The van der Waals surface area contributed by atoms with Crippen molar-refractivity contribution in [1.29, 1.82) is 0 Å². The quantitative estimate of drug-likeness (QED) is 0.206. The first-order valence-electron chi connectivity index (χ1n) is 13.2. The summed E-state index contributed by atoms with van der Waals surface area (Å²) >= 11 is 0. The van der Waals surface area contributed by atoms with E-state index >= 15 is 0 Å². The summed E-state index contributed by atoms with van der Waals surface area (Å²) in [6.45, 7) is 7.80. The molecule has 8 nitrogen and oxygen atoms in total.